The molecule has 2 atom stereocenters. The number of ketones is 1. The molecule has 1 amide bonds. The molecule has 2 rings (SSSR count). The van der Waals surface area contributed by atoms with Gasteiger partial charge in [-0.1, -0.05) is 6.92 Å². The molecule has 2 aliphatic rings. The van der Waals surface area contributed by atoms with Crippen LogP contribution < -0.4 is 0 Å². The number of rotatable bonds is 3. The predicted molar refractivity (Wildman–Crippen MR) is 63.2 cm³/mol. The maximum Gasteiger partial charge on any atom is 0.260 e. The summed E-state index contributed by atoms with van der Waals surface area (Å²) in [4.78, 5) is 24.8. The van der Waals surface area contributed by atoms with Crippen molar-refractivity contribution in [2.45, 2.75) is 31.7 Å². The lowest BCUT2D eigenvalue weighted by Gasteiger charge is -2.48. The van der Waals surface area contributed by atoms with Gasteiger partial charge in [-0.15, -0.1) is 0 Å². The first-order valence-electron chi connectivity index (χ1n) is 5.65. The Morgan fingerprint density at radius 1 is 1.50 bits per heavy atom. The van der Waals surface area contributed by atoms with Gasteiger partial charge in [-0.25, -0.2) is 8.42 Å². The predicted octanol–water partition coefficient (Wildman–Crippen LogP) is -0.149. The van der Waals surface area contributed by atoms with E-state index >= 15 is 0 Å². The van der Waals surface area contributed by atoms with Crippen molar-refractivity contribution in [3.8, 4) is 0 Å². The lowest BCUT2D eigenvalue weighted by molar-refractivity contribution is -0.160. The van der Waals surface area contributed by atoms with Crippen molar-refractivity contribution in [3.63, 3.8) is 0 Å². The van der Waals surface area contributed by atoms with Crippen molar-refractivity contribution in [1.82, 2.24) is 4.90 Å². The number of nitrogens with zero attached hydrogens (tertiary/aromatic N) is 1. The summed E-state index contributed by atoms with van der Waals surface area (Å²) in [5.41, 5.74) is 0.664. The van der Waals surface area contributed by atoms with Gasteiger partial charge in [0.25, 0.3) is 5.91 Å². The van der Waals surface area contributed by atoms with Gasteiger partial charge in [0.05, 0.1) is 11.4 Å². The normalized spacial score (nSPS) is 29.9. The van der Waals surface area contributed by atoms with E-state index < -0.39 is 27.2 Å². The number of allylic oxidation sites excluding steroid dienone is 1. The largest absolute Gasteiger partial charge is 0.368 e. The first kappa shape index (κ1) is 13.2. The van der Waals surface area contributed by atoms with Crippen LogP contribution in [0, 0.1) is 0 Å². The molecule has 0 bridgehead atoms. The lowest BCUT2D eigenvalue weighted by atomic mass is 10.0. The van der Waals surface area contributed by atoms with Gasteiger partial charge >= 0.3 is 0 Å². The molecule has 0 saturated carbocycles. The molecule has 0 aromatic heterocycles. The number of amides is 1. The molecule has 0 aromatic carbocycles. The van der Waals surface area contributed by atoms with Crippen LogP contribution in [-0.4, -0.2) is 49.3 Å². The van der Waals surface area contributed by atoms with E-state index in [1.165, 1.54) is 7.11 Å². The van der Waals surface area contributed by atoms with Gasteiger partial charge < -0.3 is 4.74 Å². The first-order chi connectivity index (χ1) is 8.35. The second-order valence-electron chi connectivity index (χ2n) is 4.47. The zero-order valence-corrected chi connectivity index (χ0v) is 11.3. The molecule has 1 saturated heterocycles. The summed E-state index contributed by atoms with van der Waals surface area (Å²) in [5.74, 6) is -0.861. The number of carbonyl (C=O) groups is 2. The highest BCUT2D eigenvalue weighted by molar-refractivity contribution is 7.92. The number of hydrogen-bond acceptors (Lipinski definition) is 5. The van der Waals surface area contributed by atoms with Gasteiger partial charge in [-0.3, -0.25) is 14.5 Å². The number of carbonyl (C=O) groups excluding carboxylic acids is 2. The van der Waals surface area contributed by atoms with Crippen LogP contribution in [0.4, 0.5) is 0 Å². The van der Waals surface area contributed by atoms with Gasteiger partial charge in [0.1, 0.15) is 0 Å². The smallest absolute Gasteiger partial charge is 0.260 e. The number of methoxy groups -OCH3 is 1. The number of ether oxygens (including phenoxy) is 1. The minimum Gasteiger partial charge on any atom is -0.368 e. The summed E-state index contributed by atoms with van der Waals surface area (Å²) >= 11 is 0. The summed E-state index contributed by atoms with van der Waals surface area (Å²) in [6.45, 7) is 3.25. The molecular weight excluding hydrogens is 258 g/mol. The van der Waals surface area contributed by atoms with Crippen molar-refractivity contribution in [3.05, 3.63) is 11.3 Å². The Labute approximate surface area is 106 Å². The lowest BCUT2D eigenvalue weighted by Crippen LogP contribution is -2.70. The van der Waals surface area contributed by atoms with E-state index in [1.807, 2.05) is 0 Å². The van der Waals surface area contributed by atoms with E-state index in [0.29, 0.717) is 5.57 Å². The van der Waals surface area contributed by atoms with Gasteiger partial charge in [0.15, 0.2) is 27.1 Å². The summed E-state index contributed by atoms with van der Waals surface area (Å²) in [6, 6.07) is 0. The zero-order chi connectivity index (χ0) is 13.7. The zero-order valence-electron chi connectivity index (χ0n) is 10.5. The number of sulfone groups is 1. The third kappa shape index (κ3) is 1.61. The van der Waals surface area contributed by atoms with Crippen LogP contribution in [0.3, 0.4) is 0 Å². The maximum atomic E-state index is 12.0. The molecule has 0 spiro atoms. The molecule has 0 unspecified atom stereocenters. The van der Waals surface area contributed by atoms with Crippen molar-refractivity contribution >= 4 is 21.5 Å². The van der Waals surface area contributed by atoms with E-state index in [9.17, 15) is 18.0 Å². The highest BCUT2D eigenvalue weighted by Crippen LogP contribution is 2.38. The third-order valence-electron chi connectivity index (χ3n) is 3.26. The Bertz CT molecular complexity index is 548. The minimum atomic E-state index is -3.47. The van der Waals surface area contributed by atoms with Gasteiger partial charge in [0, 0.05) is 13.5 Å². The quantitative estimate of drug-likeness (QED) is 0.668. The Hall–Kier alpha value is -1.21. The van der Waals surface area contributed by atoms with Crippen molar-refractivity contribution in [2.75, 3.05) is 12.9 Å². The Balaban J connectivity index is 2.52. The molecule has 2 heterocycles. The molecule has 1 fully saturated rings. The molecule has 0 radical (unpaired) electrons. The molecule has 0 aromatic rings. The highest BCUT2D eigenvalue weighted by Gasteiger charge is 2.59. The average Bonchev–Trinajstić information content (AvgIpc) is 2.29. The summed E-state index contributed by atoms with van der Waals surface area (Å²) in [6.07, 6.45) is -0.747. The maximum absolute atomic E-state index is 12.0. The molecule has 100 valence electrons. The van der Waals surface area contributed by atoms with Gasteiger partial charge in [-0.05, 0) is 12.5 Å². The monoisotopic (exact) mass is 273 g/mol. The summed E-state index contributed by atoms with van der Waals surface area (Å²) < 4.78 is 28.9. The molecule has 2 aliphatic heterocycles. The third-order valence-corrected chi connectivity index (χ3v) is 5.29. The van der Waals surface area contributed by atoms with Crippen LogP contribution in [0.2, 0.25) is 0 Å². The highest BCUT2D eigenvalue weighted by atomic mass is 32.2. The van der Waals surface area contributed by atoms with E-state index in [1.54, 1.807) is 13.8 Å². The van der Waals surface area contributed by atoms with Gasteiger partial charge in [0.2, 0.25) is 0 Å². The van der Waals surface area contributed by atoms with Crippen LogP contribution in [-0.2, 0) is 24.2 Å². The Morgan fingerprint density at radius 2 is 2.11 bits per heavy atom. The molecule has 6 nitrogen and oxygen atoms in total. The molecular formula is C11H15NO5S. The van der Waals surface area contributed by atoms with Crippen molar-refractivity contribution < 1.29 is 22.7 Å². The van der Waals surface area contributed by atoms with E-state index in [4.69, 9.17) is 4.74 Å². The molecule has 0 aliphatic carbocycles. The number of β-lactam (4-membered cyclic amide) rings is 1. The summed E-state index contributed by atoms with van der Waals surface area (Å²) in [5, 5.41) is -1.04. The number of hydrogen-bond donors (Lipinski definition) is 0. The fraction of sp³-hybridized carbons (Fsp3) is 0.636. The Kier molecular flexibility index (Phi) is 3.06. The number of fused-ring (bicyclic) bond motifs is 1. The van der Waals surface area contributed by atoms with Crippen LogP contribution in [0.5, 0.6) is 0 Å². The van der Waals surface area contributed by atoms with E-state index in [-0.39, 0.29) is 23.7 Å². The molecule has 0 N–H and O–H groups in total. The van der Waals surface area contributed by atoms with Crippen molar-refractivity contribution in [1.29, 1.82) is 0 Å². The van der Waals surface area contributed by atoms with E-state index in [0.717, 1.165) is 4.90 Å². The average molecular weight is 273 g/mol. The van der Waals surface area contributed by atoms with Crippen LogP contribution >= 0.6 is 0 Å². The topological polar surface area (TPSA) is 80.7 Å². The summed E-state index contributed by atoms with van der Waals surface area (Å²) in [7, 11) is -2.18. The standard InChI is InChI=1S/C11H15NO5S/c1-4-7(13)8-6(2)5-18(15,16)11-9(17-3)10(14)12(8)11/h9,11H,4-5H2,1-3H3/t9-,11+/m0/s1. The Morgan fingerprint density at radius 3 is 2.61 bits per heavy atom. The molecule has 18 heavy (non-hydrogen) atoms. The van der Waals surface area contributed by atoms with Crippen LogP contribution in [0.1, 0.15) is 20.3 Å². The van der Waals surface area contributed by atoms with Gasteiger partial charge in [-0.2, -0.15) is 0 Å². The number of Topliss-reactive ketones (excluding diaryl/α,β-unsaturated/α-hetero) is 1. The van der Waals surface area contributed by atoms with Crippen LogP contribution in [0.25, 0.3) is 0 Å². The van der Waals surface area contributed by atoms with Crippen molar-refractivity contribution in [2.24, 2.45) is 0 Å². The minimum absolute atomic E-state index is 0.192. The first-order valence-corrected chi connectivity index (χ1v) is 7.37. The second kappa shape index (κ2) is 4.17. The SMILES string of the molecule is CCC(=O)C1=C(C)CS(=O)(=O)[C@@H]2[C@@H](OC)C(=O)N12. The fourth-order valence-corrected chi connectivity index (χ4v) is 4.49. The van der Waals surface area contributed by atoms with E-state index in [2.05, 4.69) is 0 Å². The molecule has 7 heteroatoms. The van der Waals surface area contributed by atoms with Crippen LogP contribution in [0.15, 0.2) is 11.3 Å². The second-order valence-corrected chi connectivity index (χ2v) is 6.57. The fourth-order valence-electron chi connectivity index (χ4n) is 2.44.